The first-order valence-electron chi connectivity index (χ1n) is 4.70. The zero-order valence-corrected chi connectivity index (χ0v) is 7.73. The predicted molar refractivity (Wildman–Crippen MR) is 50.5 cm³/mol. The molecule has 1 N–H and O–H groups in total. The number of aliphatic hydroxyl groups is 1. The molecule has 2 nitrogen and oxygen atoms in total. The van der Waals surface area contributed by atoms with Crippen molar-refractivity contribution in [1.29, 1.82) is 0 Å². The van der Waals surface area contributed by atoms with Gasteiger partial charge in [0, 0.05) is 13.0 Å². The Morgan fingerprint density at radius 3 is 3.00 bits per heavy atom. The van der Waals surface area contributed by atoms with Crippen LogP contribution in [0.5, 0.6) is 0 Å². The van der Waals surface area contributed by atoms with E-state index in [-0.39, 0.29) is 12.2 Å². The zero-order valence-electron chi connectivity index (χ0n) is 7.73. The summed E-state index contributed by atoms with van der Waals surface area (Å²) in [5.74, 6) is 0. The summed E-state index contributed by atoms with van der Waals surface area (Å²) in [6.07, 6.45) is 0.249. The van der Waals surface area contributed by atoms with Crippen molar-refractivity contribution in [2.75, 3.05) is 6.61 Å². The molecule has 1 aromatic rings. The van der Waals surface area contributed by atoms with Crippen LogP contribution in [0, 0.1) is 0 Å². The molecule has 0 saturated carbocycles. The molecule has 0 fully saturated rings. The average molecular weight is 178 g/mol. The van der Waals surface area contributed by atoms with Gasteiger partial charge in [0.05, 0.1) is 6.10 Å². The third-order valence-electron chi connectivity index (χ3n) is 2.49. The summed E-state index contributed by atoms with van der Waals surface area (Å²) in [6.45, 7) is 2.60. The van der Waals surface area contributed by atoms with Gasteiger partial charge in [-0.2, -0.15) is 0 Å². The Morgan fingerprint density at radius 1 is 1.46 bits per heavy atom. The van der Waals surface area contributed by atoms with E-state index in [0.29, 0.717) is 6.61 Å². The number of hydrogen-bond donors (Lipinski definition) is 1. The molecule has 2 rings (SSSR count). The Morgan fingerprint density at radius 2 is 2.23 bits per heavy atom. The van der Waals surface area contributed by atoms with Crippen LogP contribution in [-0.4, -0.2) is 17.8 Å². The molecule has 2 heteroatoms. The van der Waals surface area contributed by atoms with Gasteiger partial charge in [-0.3, -0.25) is 0 Å². The van der Waals surface area contributed by atoms with Crippen LogP contribution in [0.15, 0.2) is 24.3 Å². The third-order valence-corrected chi connectivity index (χ3v) is 2.49. The molecule has 0 radical (unpaired) electrons. The van der Waals surface area contributed by atoms with Crippen molar-refractivity contribution >= 4 is 0 Å². The summed E-state index contributed by atoms with van der Waals surface area (Å²) in [5.41, 5.74) is 2.37. The second-order valence-corrected chi connectivity index (χ2v) is 3.35. The Kier molecular flexibility index (Phi) is 2.34. The highest BCUT2D eigenvalue weighted by molar-refractivity contribution is 5.35. The van der Waals surface area contributed by atoms with Crippen LogP contribution in [0.25, 0.3) is 0 Å². The maximum absolute atomic E-state index is 9.72. The topological polar surface area (TPSA) is 29.5 Å². The van der Waals surface area contributed by atoms with Gasteiger partial charge in [-0.25, -0.2) is 0 Å². The fourth-order valence-corrected chi connectivity index (χ4v) is 1.92. The molecule has 1 aliphatic carbocycles. The lowest BCUT2D eigenvalue weighted by Gasteiger charge is -2.15. The smallest absolute Gasteiger partial charge is 0.109 e. The molecule has 1 aliphatic rings. The molecule has 2 unspecified atom stereocenters. The first-order chi connectivity index (χ1) is 6.33. The molecule has 0 amide bonds. The van der Waals surface area contributed by atoms with E-state index < -0.39 is 0 Å². The first kappa shape index (κ1) is 8.73. The summed E-state index contributed by atoms with van der Waals surface area (Å²) in [6, 6.07) is 8.08. The quantitative estimate of drug-likeness (QED) is 0.746. The lowest BCUT2D eigenvalue weighted by atomic mass is 10.1. The minimum Gasteiger partial charge on any atom is -0.390 e. The van der Waals surface area contributed by atoms with Crippen molar-refractivity contribution in [3.05, 3.63) is 35.4 Å². The van der Waals surface area contributed by atoms with E-state index in [1.54, 1.807) is 0 Å². The van der Waals surface area contributed by atoms with Crippen molar-refractivity contribution in [1.82, 2.24) is 0 Å². The van der Waals surface area contributed by atoms with E-state index in [1.165, 1.54) is 5.56 Å². The molecule has 0 spiro atoms. The second-order valence-electron chi connectivity index (χ2n) is 3.35. The largest absolute Gasteiger partial charge is 0.390 e. The summed E-state index contributed by atoms with van der Waals surface area (Å²) in [4.78, 5) is 0. The fraction of sp³-hybridized carbons (Fsp3) is 0.455. The van der Waals surface area contributed by atoms with Gasteiger partial charge in [-0.1, -0.05) is 24.3 Å². The minimum absolute atomic E-state index is 0.110. The lowest BCUT2D eigenvalue weighted by molar-refractivity contribution is -0.0230. The van der Waals surface area contributed by atoms with Gasteiger partial charge in [-0.05, 0) is 18.1 Å². The minimum atomic E-state index is -0.364. The van der Waals surface area contributed by atoms with E-state index in [2.05, 4.69) is 6.07 Å². The maximum atomic E-state index is 9.72. The monoisotopic (exact) mass is 178 g/mol. The molecule has 1 aromatic carbocycles. The molecule has 2 atom stereocenters. The molecule has 0 aromatic heterocycles. The summed E-state index contributed by atoms with van der Waals surface area (Å²) in [7, 11) is 0. The van der Waals surface area contributed by atoms with Crippen LogP contribution in [0.3, 0.4) is 0 Å². The Hall–Kier alpha value is -0.860. The van der Waals surface area contributed by atoms with E-state index in [9.17, 15) is 5.11 Å². The number of rotatable bonds is 2. The predicted octanol–water partition coefficient (Wildman–Crippen LogP) is 1.68. The van der Waals surface area contributed by atoms with Gasteiger partial charge in [0.1, 0.15) is 6.10 Å². The van der Waals surface area contributed by atoms with E-state index in [0.717, 1.165) is 12.0 Å². The Balaban J connectivity index is 2.29. The number of benzene rings is 1. The van der Waals surface area contributed by atoms with Gasteiger partial charge < -0.3 is 9.84 Å². The zero-order chi connectivity index (χ0) is 9.26. The fourth-order valence-electron chi connectivity index (χ4n) is 1.92. The van der Waals surface area contributed by atoms with Gasteiger partial charge in [0.15, 0.2) is 0 Å². The molecular weight excluding hydrogens is 164 g/mol. The Labute approximate surface area is 78.2 Å². The van der Waals surface area contributed by atoms with Crippen LogP contribution in [-0.2, 0) is 11.2 Å². The Bertz CT molecular complexity index is 296. The number of hydrogen-bond acceptors (Lipinski definition) is 2. The van der Waals surface area contributed by atoms with Gasteiger partial charge in [-0.15, -0.1) is 0 Å². The number of aliphatic hydroxyl groups excluding tert-OH is 1. The van der Waals surface area contributed by atoms with Crippen LogP contribution in [0.2, 0.25) is 0 Å². The molecular formula is C11H14O2. The van der Waals surface area contributed by atoms with Crippen molar-refractivity contribution in [2.45, 2.75) is 25.6 Å². The summed E-state index contributed by atoms with van der Waals surface area (Å²) in [5, 5.41) is 9.72. The molecule has 0 bridgehead atoms. The van der Waals surface area contributed by atoms with Crippen LogP contribution < -0.4 is 0 Å². The molecule has 0 heterocycles. The van der Waals surface area contributed by atoms with E-state index >= 15 is 0 Å². The summed E-state index contributed by atoms with van der Waals surface area (Å²) >= 11 is 0. The second kappa shape index (κ2) is 3.48. The van der Waals surface area contributed by atoms with E-state index in [4.69, 9.17) is 4.74 Å². The van der Waals surface area contributed by atoms with Crippen LogP contribution >= 0.6 is 0 Å². The maximum Gasteiger partial charge on any atom is 0.109 e. The normalized spacial score (nSPS) is 26.0. The first-order valence-corrected chi connectivity index (χ1v) is 4.70. The number of ether oxygens (including phenoxy) is 1. The molecule has 0 saturated heterocycles. The van der Waals surface area contributed by atoms with Crippen molar-refractivity contribution in [3.8, 4) is 0 Å². The standard InChI is InChI=1S/C11H14O2/c1-2-13-11-9-6-4-3-5-8(9)7-10(11)12/h3-6,10-12H,2,7H2,1H3. The van der Waals surface area contributed by atoms with Gasteiger partial charge in [0.25, 0.3) is 0 Å². The van der Waals surface area contributed by atoms with Crippen molar-refractivity contribution < 1.29 is 9.84 Å². The van der Waals surface area contributed by atoms with Gasteiger partial charge in [0.2, 0.25) is 0 Å². The van der Waals surface area contributed by atoms with Crippen LogP contribution in [0.1, 0.15) is 24.2 Å². The van der Waals surface area contributed by atoms with Crippen LogP contribution in [0.4, 0.5) is 0 Å². The third kappa shape index (κ3) is 1.47. The average Bonchev–Trinajstić information content (AvgIpc) is 2.44. The molecule has 0 aliphatic heterocycles. The highest BCUT2D eigenvalue weighted by atomic mass is 16.5. The highest BCUT2D eigenvalue weighted by Crippen LogP contribution is 2.33. The number of fused-ring (bicyclic) bond motifs is 1. The molecule has 13 heavy (non-hydrogen) atoms. The highest BCUT2D eigenvalue weighted by Gasteiger charge is 2.30. The van der Waals surface area contributed by atoms with Crippen molar-refractivity contribution in [3.63, 3.8) is 0 Å². The lowest BCUT2D eigenvalue weighted by Crippen LogP contribution is -2.16. The molecule has 70 valence electrons. The van der Waals surface area contributed by atoms with Gasteiger partial charge >= 0.3 is 0 Å². The summed E-state index contributed by atoms with van der Waals surface area (Å²) < 4.78 is 5.49. The van der Waals surface area contributed by atoms with E-state index in [1.807, 2.05) is 25.1 Å². The van der Waals surface area contributed by atoms with Crippen molar-refractivity contribution in [2.24, 2.45) is 0 Å². The SMILES string of the molecule is CCOC1c2ccccc2CC1O.